The number of nitrogens with zero attached hydrogens (tertiary/aromatic N) is 2. The molecule has 1 fully saturated rings. The Hall–Kier alpha value is -3.56. The number of carbonyl (C=O) groups is 2. The molecule has 1 heterocycles. The predicted octanol–water partition coefficient (Wildman–Crippen LogP) is 6.00. The van der Waals surface area contributed by atoms with E-state index in [4.69, 9.17) is 14.2 Å². The highest BCUT2D eigenvalue weighted by Gasteiger charge is 2.35. The van der Waals surface area contributed by atoms with E-state index in [-0.39, 0.29) is 30.5 Å². The van der Waals surface area contributed by atoms with Crippen molar-refractivity contribution in [1.29, 1.82) is 5.26 Å². The second-order valence-corrected chi connectivity index (χ2v) is 9.88. The number of carbonyl (C=O) groups excluding carboxylic acids is 2. The molecule has 0 bridgehead atoms. The predicted molar refractivity (Wildman–Crippen MR) is 146 cm³/mol. The molecule has 0 saturated carbocycles. The molecule has 0 aromatic heterocycles. The Kier molecular flexibility index (Phi) is 8.68. The average molecular weight is 630 g/mol. The Morgan fingerprint density at radius 2 is 1.86 bits per heavy atom. The van der Waals surface area contributed by atoms with Gasteiger partial charge in [-0.1, -0.05) is 18.2 Å². The topological polar surface area (TPSA) is 88.9 Å². The van der Waals surface area contributed by atoms with Gasteiger partial charge in [-0.25, -0.2) is 4.39 Å². The summed E-state index contributed by atoms with van der Waals surface area (Å²) < 4.78 is 30.8. The van der Waals surface area contributed by atoms with Crippen LogP contribution >= 0.6 is 34.4 Å². The number of halogens is 2. The minimum atomic E-state index is -0.417. The van der Waals surface area contributed by atoms with Crippen LogP contribution in [0.3, 0.4) is 0 Å². The van der Waals surface area contributed by atoms with Crippen LogP contribution in [0.2, 0.25) is 0 Å². The molecule has 1 saturated heterocycles. The van der Waals surface area contributed by atoms with Crippen molar-refractivity contribution in [3.8, 4) is 23.3 Å². The zero-order valence-electron chi connectivity index (χ0n) is 19.6. The van der Waals surface area contributed by atoms with Crippen LogP contribution in [0.15, 0.2) is 65.6 Å². The fraction of sp³-hybridized carbons (Fsp3) is 0.148. The van der Waals surface area contributed by atoms with E-state index in [1.54, 1.807) is 24.3 Å². The third kappa shape index (κ3) is 6.42. The molecule has 0 unspecified atom stereocenters. The van der Waals surface area contributed by atoms with Gasteiger partial charge in [0.15, 0.2) is 11.5 Å². The van der Waals surface area contributed by atoms with E-state index < -0.39 is 11.1 Å². The van der Waals surface area contributed by atoms with Crippen molar-refractivity contribution in [2.45, 2.75) is 6.61 Å². The van der Waals surface area contributed by atoms with Gasteiger partial charge in [-0.05, 0) is 88.5 Å². The molecule has 3 aromatic carbocycles. The SMILES string of the molecule is COc1cc(/C=C2\SC(=O)N(CCOc3ccc(F)cc3)C2=O)cc(I)c1OCc1ccccc1C#N. The lowest BCUT2D eigenvalue weighted by Crippen LogP contribution is -2.32. The average Bonchev–Trinajstić information content (AvgIpc) is 3.16. The van der Waals surface area contributed by atoms with E-state index in [0.717, 1.165) is 25.8 Å². The van der Waals surface area contributed by atoms with E-state index in [0.29, 0.717) is 28.4 Å². The van der Waals surface area contributed by atoms with Crippen molar-refractivity contribution in [3.63, 3.8) is 0 Å². The minimum absolute atomic E-state index is 0.0667. The Labute approximate surface area is 231 Å². The third-order valence-electron chi connectivity index (χ3n) is 5.33. The molecule has 10 heteroatoms. The lowest BCUT2D eigenvalue weighted by atomic mass is 10.1. The molecule has 0 atom stereocenters. The Balaban J connectivity index is 1.45. The molecule has 0 spiro atoms. The molecule has 0 aliphatic carbocycles. The number of hydrogen-bond acceptors (Lipinski definition) is 7. The van der Waals surface area contributed by atoms with Gasteiger partial charge in [-0.15, -0.1) is 0 Å². The molecule has 1 aliphatic rings. The molecule has 2 amide bonds. The van der Waals surface area contributed by atoms with Crippen molar-refractivity contribution >= 4 is 51.6 Å². The highest BCUT2D eigenvalue weighted by atomic mass is 127. The normalized spacial score (nSPS) is 14.1. The number of hydrogen-bond donors (Lipinski definition) is 0. The second kappa shape index (κ2) is 12.1. The molecule has 1 aliphatic heterocycles. The maximum absolute atomic E-state index is 13.0. The van der Waals surface area contributed by atoms with Crippen molar-refractivity contribution in [2.24, 2.45) is 0 Å². The maximum atomic E-state index is 13.0. The fourth-order valence-electron chi connectivity index (χ4n) is 3.50. The number of ether oxygens (including phenoxy) is 3. The Morgan fingerprint density at radius 3 is 2.59 bits per heavy atom. The van der Waals surface area contributed by atoms with Gasteiger partial charge in [-0.3, -0.25) is 14.5 Å². The zero-order valence-corrected chi connectivity index (χ0v) is 22.5. The molecule has 37 heavy (non-hydrogen) atoms. The van der Waals surface area contributed by atoms with Gasteiger partial charge in [-0.2, -0.15) is 5.26 Å². The summed E-state index contributed by atoms with van der Waals surface area (Å²) in [5.41, 5.74) is 1.95. The fourth-order valence-corrected chi connectivity index (χ4v) is 5.14. The van der Waals surface area contributed by atoms with Crippen molar-refractivity contribution in [2.75, 3.05) is 20.3 Å². The van der Waals surface area contributed by atoms with Gasteiger partial charge in [0, 0.05) is 5.56 Å². The summed E-state index contributed by atoms with van der Waals surface area (Å²) in [5, 5.41) is 8.90. The monoisotopic (exact) mass is 630 g/mol. The number of methoxy groups -OCH3 is 1. The molecule has 4 rings (SSSR count). The first kappa shape index (κ1) is 26.5. The van der Waals surface area contributed by atoms with Gasteiger partial charge in [0.05, 0.1) is 33.8 Å². The third-order valence-corrected chi connectivity index (χ3v) is 7.04. The smallest absolute Gasteiger partial charge is 0.293 e. The van der Waals surface area contributed by atoms with Crippen LogP contribution in [0.5, 0.6) is 17.2 Å². The second-order valence-electron chi connectivity index (χ2n) is 7.73. The van der Waals surface area contributed by atoms with Crippen LogP contribution in [0, 0.1) is 20.7 Å². The molecular formula is C27H20FIN2O5S. The highest BCUT2D eigenvalue weighted by Crippen LogP contribution is 2.37. The first-order chi connectivity index (χ1) is 17.9. The maximum Gasteiger partial charge on any atom is 0.293 e. The summed E-state index contributed by atoms with van der Waals surface area (Å²) in [6.07, 6.45) is 1.63. The summed E-state index contributed by atoms with van der Waals surface area (Å²) in [7, 11) is 1.51. The van der Waals surface area contributed by atoms with Crippen LogP contribution in [0.4, 0.5) is 9.18 Å². The molecular weight excluding hydrogens is 610 g/mol. The lowest BCUT2D eigenvalue weighted by molar-refractivity contribution is -0.123. The molecule has 188 valence electrons. The zero-order chi connectivity index (χ0) is 26.4. The molecule has 3 aromatic rings. The van der Waals surface area contributed by atoms with Crippen LogP contribution in [-0.2, 0) is 11.4 Å². The van der Waals surface area contributed by atoms with Crippen molar-refractivity contribution in [3.05, 3.63) is 91.6 Å². The number of thioether (sulfide) groups is 1. The summed E-state index contributed by atoms with van der Waals surface area (Å²) in [6.45, 7) is 0.342. The first-order valence-electron chi connectivity index (χ1n) is 11.0. The lowest BCUT2D eigenvalue weighted by Gasteiger charge is -2.14. The van der Waals surface area contributed by atoms with Gasteiger partial charge < -0.3 is 14.2 Å². The summed E-state index contributed by atoms with van der Waals surface area (Å²) in [4.78, 5) is 26.7. The van der Waals surface area contributed by atoms with E-state index in [2.05, 4.69) is 28.7 Å². The van der Waals surface area contributed by atoms with Crippen molar-refractivity contribution in [1.82, 2.24) is 4.90 Å². The van der Waals surface area contributed by atoms with Gasteiger partial charge >= 0.3 is 0 Å². The molecule has 0 N–H and O–H groups in total. The number of imide groups is 1. The van der Waals surface area contributed by atoms with Gasteiger partial charge in [0.2, 0.25) is 0 Å². The number of benzene rings is 3. The van der Waals surface area contributed by atoms with Crippen LogP contribution < -0.4 is 14.2 Å². The van der Waals surface area contributed by atoms with E-state index in [9.17, 15) is 19.2 Å². The van der Waals surface area contributed by atoms with E-state index in [1.807, 2.05) is 18.2 Å². The molecule has 0 radical (unpaired) electrons. The Morgan fingerprint density at radius 1 is 1.11 bits per heavy atom. The quantitative estimate of drug-likeness (QED) is 0.212. The first-order valence-corrected chi connectivity index (χ1v) is 12.9. The van der Waals surface area contributed by atoms with Crippen LogP contribution in [-0.4, -0.2) is 36.3 Å². The van der Waals surface area contributed by atoms with E-state index in [1.165, 1.54) is 31.4 Å². The summed E-state index contributed by atoms with van der Waals surface area (Å²) in [5.74, 6) is 0.626. The summed E-state index contributed by atoms with van der Waals surface area (Å²) in [6, 6.07) is 18.4. The number of amides is 2. The highest BCUT2D eigenvalue weighted by molar-refractivity contribution is 14.1. The van der Waals surface area contributed by atoms with Gasteiger partial charge in [0.1, 0.15) is 24.8 Å². The van der Waals surface area contributed by atoms with Crippen molar-refractivity contribution < 1.29 is 28.2 Å². The number of nitriles is 1. The molecule has 7 nitrogen and oxygen atoms in total. The standard InChI is InChI=1S/C27H20FIN2O5S/c1-34-23-13-17(12-22(29)25(23)36-16-19-5-3-2-4-18(19)15-30)14-24-26(32)31(27(33)37-24)10-11-35-21-8-6-20(28)7-9-21/h2-9,12-14H,10-11,16H2,1H3/b24-14-. The summed E-state index contributed by atoms with van der Waals surface area (Å²) >= 11 is 2.96. The van der Waals surface area contributed by atoms with E-state index >= 15 is 0 Å². The van der Waals surface area contributed by atoms with Crippen LogP contribution in [0.1, 0.15) is 16.7 Å². The Bertz CT molecular complexity index is 1400. The number of rotatable bonds is 9. The minimum Gasteiger partial charge on any atom is -0.493 e. The largest absolute Gasteiger partial charge is 0.493 e. The van der Waals surface area contributed by atoms with Gasteiger partial charge in [0.25, 0.3) is 11.1 Å². The van der Waals surface area contributed by atoms with Crippen LogP contribution in [0.25, 0.3) is 6.08 Å².